The number of hydrogen-bond acceptors (Lipinski definition) is 5. The Morgan fingerprint density at radius 2 is 1.93 bits per heavy atom. The van der Waals surface area contributed by atoms with Crippen molar-refractivity contribution in [2.24, 2.45) is 17.8 Å². The van der Waals surface area contributed by atoms with Crippen LogP contribution in [-0.4, -0.2) is 30.0 Å². The predicted molar refractivity (Wildman–Crippen MR) is 113 cm³/mol. The average Bonchev–Trinajstić information content (AvgIpc) is 2.73. The van der Waals surface area contributed by atoms with Crippen LogP contribution in [0.25, 0.3) is 0 Å². The van der Waals surface area contributed by atoms with Gasteiger partial charge in [0.1, 0.15) is 18.7 Å². The number of carbonyl (C=O) groups excluding carboxylic acids is 4. The summed E-state index contributed by atoms with van der Waals surface area (Å²) in [5.41, 5.74) is 0.883. The van der Waals surface area contributed by atoms with Crippen LogP contribution in [0.4, 0.5) is 0 Å². The Labute approximate surface area is 178 Å². The number of nitrogens with one attached hydrogen (secondary N) is 1. The minimum absolute atomic E-state index is 0.0369. The normalized spacial score (nSPS) is 18.5. The first-order valence-electron chi connectivity index (χ1n) is 10.9. The van der Waals surface area contributed by atoms with E-state index in [9.17, 15) is 19.2 Å². The van der Waals surface area contributed by atoms with E-state index in [2.05, 4.69) is 5.32 Å². The van der Waals surface area contributed by atoms with Crippen LogP contribution < -0.4 is 5.32 Å². The molecule has 1 aliphatic rings. The first-order chi connectivity index (χ1) is 14.4. The summed E-state index contributed by atoms with van der Waals surface area (Å²) in [5.74, 6) is -1.14. The fourth-order valence-electron chi connectivity index (χ4n) is 3.91. The van der Waals surface area contributed by atoms with Crippen LogP contribution in [0.1, 0.15) is 64.4 Å². The fourth-order valence-corrected chi connectivity index (χ4v) is 3.91. The SMILES string of the molecule is CC(C)C[C@H](CC(=O)OCc1ccccc1)C(=O)NC(C=O)C[C@@H]1CCCCC1=O. The van der Waals surface area contributed by atoms with Crippen molar-refractivity contribution in [3.63, 3.8) is 0 Å². The Kier molecular flexibility index (Phi) is 9.71. The average molecular weight is 416 g/mol. The van der Waals surface area contributed by atoms with E-state index in [0.717, 1.165) is 24.8 Å². The monoisotopic (exact) mass is 415 g/mol. The highest BCUT2D eigenvalue weighted by atomic mass is 16.5. The van der Waals surface area contributed by atoms with Crippen molar-refractivity contribution in [3.8, 4) is 0 Å². The second-order valence-corrected chi connectivity index (χ2v) is 8.57. The Bertz CT molecular complexity index is 716. The van der Waals surface area contributed by atoms with Gasteiger partial charge in [-0.3, -0.25) is 14.4 Å². The molecule has 6 heteroatoms. The minimum Gasteiger partial charge on any atom is -0.461 e. The third-order valence-electron chi connectivity index (χ3n) is 5.49. The van der Waals surface area contributed by atoms with E-state index in [1.807, 2.05) is 44.2 Å². The van der Waals surface area contributed by atoms with Gasteiger partial charge in [0.25, 0.3) is 0 Å². The molecule has 30 heavy (non-hydrogen) atoms. The largest absolute Gasteiger partial charge is 0.461 e. The summed E-state index contributed by atoms with van der Waals surface area (Å²) >= 11 is 0. The van der Waals surface area contributed by atoms with Crippen LogP contribution in [0.2, 0.25) is 0 Å². The number of carbonyl (C=O) groups is 4. The molecule has 1 aliphatic carbocycles. The topological polar surface area (TPSA) is 89.5 Å². The lowest BCUT2D eigenvalue weighted by molar-refractivity contribution is -0.148. The number of ketones is 1. The number of Topliss-reactive ketones (excluding diaryl/α,β-unsaturated/α-hetero) is 1. The van der Waals surface area contributed by atoms with Crippen molar-refractivity contribution in [2.45, 2.75) is 71.4 Å². The number of aldehydes is 1. The molecule has 1 fully saturated rings. The summed E-state index contributed by atoms with van der Waals surface area (Å²) in [4.78, 5) is 48.7. The molecular weight excluding hydrogens is 382 g/mol. The Balaban J connectivity index is 1.91. The quantitative estimate of drug-likeness (QED) is 0.440. The Morgan fingerprint density at radius 3 is 2.57 bits per heavy atom. The standard InChI is InChI=1S/C24H33NO5/c1-17(2)12-20(14-23(28)30-16-18-8-4-3-5-9-18)24(29)25-21(15-26)13-19-10-6-7-11-22(19)27/h3-5,8-9,15,17,19-21H,6-7,10-14,16H2,1-2H3,(H,25,29)/t19-,20+,21?/m0/s1. The molecule has 1 aromatic rings. The number of amides is 1. The lowest BCUT2D eigenvalue weighted by Crippen LogP contribution is -2.43. The molecule has 1 aromatic carbocycles. The highest BCUT2D eigenvalue weighted by Gasteiger charge is 2.29. The van der Waals surface area contributed by atoms with Crippen molar-refractivity contribution in [2.75, 3.05) is 0 Å². The van der Waals surface area contributed by atoms with Crippen LogP contribution >= 0.6 is 0 Å². The molecule has 0 radical (unpaired) electrons. The maximum Gasteiger partial charge on any atom is 0.306 e. The Morgan fingerprint density at radius 1 is 1.20 bits per heavy atom. The zero-order valence-corrected chi connectivity index (χ0v) is 18.0. The van der Waals surface area contributed by atoms with Gasteiger partial charge in [-0.15, -0.1) is 0 Å². The number of hydrogen-bond donors (Lipinski definition) is 1. The van der Waals surface area contributed by atoms with Gasteiger partial charge in [-0.1, -0.05) is 50.6 Å². The van der Waals surface area contributed by atoms with Crippen LogP contribution in [0.15, 0.2) is 30.3 Å². The minimum atomic E-state index is -0.709. The zero-order chi connectivity index (χ0) is 21.9. The van der Waals surface area contributed by atoms with Gasteiger partial charge in [0.2, 0.25) is 5.91 Å². The molecule has 2 rings (SSSR count). The molecule has 1 amide bonds. The van der Waals surface area contributed by atoms with Gasteiger partial charge in [0.15, 0.2) is 0 Å². The second-order valence-electron chi connectivity index (χ2n) is 8.57. The number of benzene rings is 1. The van der Waals surface area contributed by atoms with Gasteiger partial charge in [-0.2, -0.15) is 0 Å². The molecule has 3 atom stereocenters. The highest BCUT2D eigenvalue weighted by Crippen LogP contribution is 2.25. The fraction of sp³-hybridized carbons (Fsp3) is 0.583. The maximum absolute atomic E-state index is 12.8. The number of rotatable bonds is 11. The second kappa shape index (κ2) is 12.3. The summed E-state index contributed by atoms with van der Waals surface area (Å²) < 4.78 is 5.32. The first-order valence-corrected chi connectivity index (χ1v) is 10.9. The molecule has 0 bridgehead atoms. The van der Waals surface area contributed by atoms with Gasteiger partial charge >= 0.3 is 5.97 Å². The molecule has 0 saturated heterocycles. The lowest BCUT2D eigenvalue weighted by Gasteiger charge is -2.25. The van der Waals surface area contributed by atoms with Gasteiger partial charge in [0, 0.05) is 18.3 Å². The summed E-state index contributed by atoms with van der Waals surface area (Å²) in [5, 5.41) is 2.75. The molecule has 1 saturated carbocycles. The van der Waals surface area contributed by atoms with E-state index in [0.29, 0.717) is 25.5 Å². The van der Waals surface area contributed by atoms with Crippen LogP contribution in [0.5, 0.6) is 0 Å². The molecule has 0 aliphatic heterocycles. The van der Waals surface area contributed by atoms with Gasteiger partial charge < -0.3 is 14.8 Å². The van der Waals surface area contributed by atoms with Crippen LogP contribution in [0, 0.1) is 17.8 Å². The van der Waals surface area contributed by atoms with E-state index in [4.69, 9.17) is 4.74 Å². The summed E-state index contributed by atoms with van der Waals surface area (Å²) in [6.07, 6.45) is 4.69. The molecular formula is C24H33NO5. The van der Waals surface area contributed by atoms with Gasteiger partial charge in [0.05, 0.1) is 12.5 Å². The summed E-state index contributed by atoms with van der Waals surface area (Å²) in [6.45, 7) is 4.12. The van der Waals surface area contributed by atoms with Crippen LogP contribution in [0.3, 0.4) is 0 Å². The van der Waals surface area contributed by atoms with Crippen molar-refractivity contribution < 1.29 is 23.9 Å². The molecule has 164 valence electrons. The maximum atomic E-state index is 12.8. The third kappa shape index (κ3) is 8.09. The number of ether oxygens (including phenoxy) is 1. The van der Waals surface area contributed by atoms with E-state index in [1.54, 1.807) is 0 Å². The molecule has 0 aromatic heterocycles. The number of esters is 1. The van der Waals surface area contributed by atoms with Crippen LogP contribution in [-0.2, 0) is 30.5 Å². The lowest BCUT2D eigenvalue weighted by atomic mass is 9.83. The van der Waals surface area contributed by atoms with Crippen molar-refractivity contribution in [3.05, 3.63) is 35.9 Å². The van der Waals surface area contributed by atoms with E-state index in [-0.39, 0.29) is 36.6 Å². The molecule has 0 spiro atoms. The molecule has 1 N–H and O–H groups in total. The molecule has 0 heterocycles. The first kappa shape index (κ1) is 23.8. The van der Waals surface area contributed by atoms with Gasteiger partial charge in [-0.05, 0) is 37.2 Å². The molecule has 1 unspecified atom stereocenters. The van der Waals surface area contributed by atoms with Crippen molar-refractivity contribution >= 4 is 23.9 Å². The smallest absolute Gasteiger partial charge is 0.306 e. The third-order valence-corrected chi connectivity index (χ3v) is 5.49. The van der Waals surface area contributed by atoms with Crippen molar-refractivity contribution in [1.82, 2.24) is 5.32 Å². The predicted octanol–water partition coefficient (Wildman–Crippen LogP) is 3.62. The zero-order valence-electron chi connectivity index (χ0n) is 18.0. The highest BCUT2D eigenvalue weighted by molar-refractivity contribution is 5.86. The Hall–Kier alpha value is -2.50. The van der Waals surface area contributed by atoms with E-state index in [1.165, 1.54) is 0 Å². The van der Waals surface area contributed by atoms with Crippen molar-refractivity contribution in [1.29, 1.82) is 0 Å². The molecule has 6 nitrogen and oxygen atoms in total. The van der Waals surface area contributed by atoms with E-state index >= 15 is 0 Å². The summed E-state index contributed by atoms with van der Waals surface area (Å²) in [7, 11) is 0. The van der Waals surface area contributed by atoms with E-state index < -0.39 is 17.9 Å². The van der Waals surface area contributed by atoms with Gasteiger partial charge in [-0.25, -0.2) is 0 Å². The summed E-state index contributed by atoms with van der Waals surface area (Å²) in [6, 6.07) is 8.65.